The van der Waals surface area contributed by atoms with Crippen LogP contribution in [0.5, 0.6) is 0 Å². The summed E-state index contributed by atoms with van der Waals surface area (Å²) in [7, 11) is -4.05. The topological polar surface area (TPSA) is 83.5 Å². The number of carboxylic acid groups (broad SMARTS) is 1. The fourth-order valence-electron chi connectivity index (χ4n) is 2.35. The van der Waals surface area contributed by atoms with E-state index < -0.39 is 45.5 Å². The summed E-state index contributed by atoms with van der Waals surface area (Å²) in [6.07, 6.45) is 0.802. The maximum Gasteiger partial charge on any atom is 0.321 e. The van der Waals surface area contributed by atoms with Gasteiger partial charge in [-0.3, -0.25) is 4.79 Å². The zero-order valence-electron chi connectivity index (χ0n) is 11.6. The van der Waals surface area contributed by atoms with Gasteiger partial charge in [0, 0.05) is 12.3 Å². The summed E-state index contributed by atoms with van der Waals surface area (Å²) in [5.41, 5.74) is 0. The number of hydrogen-bond acceptors (Lipinski definition) is 3. The van der Waals surface area contributed by atoms with Crippen LogP contribution in [0.25, 0.3) is 0 Å². The molecule has 2 N–H and O–H groups in total. The lowest BCUT2D eigenvalue weighted by Crippen LogP contribution is -2.48. The lowest BCUT2D eigenvalue weighted by Gasteiger charge is -2.31. The fourth-order valence-corrected chi connectivity index (χ4v) is 4.15. The van der Waals surface area contributed by atoms with Crippen molar-refractivity contribution in [3.63, 3.8) is 0 Å². The lowest BCUT2D eigenvalue weighted by molar-refractivity contribution is -0.140. The van der Waals surface area contributed by atoms with Gasteiger partial charge in [-0.25, -0.2) is 21.9 Å². The maximum absolute atomic E-state index is 13.6. The summed E-state index contributed by atoms with van der Waals surface area (Å²) < 4.78 is 53.1. The summed E-state index contributed by atoms with van der Waals surface area (Å²) in [6, 6.07) is -1.29. The zero-order valence-corrected chi connectivity index (χ0v) is 12.4. The summed E-state index contributed by atoms with van der Waals surface area (Å²) in [4.78, 5) is 11.0. The van der Waals surface area contributed by atoms with Gasteiger partial charge in [-0.1, -0.05) is 20.3 Å². The van der Waals surface area contributed by atoms with E-state index in [1.54, 1.807) is 13.8 Å². The number of sulfonamides is 1. The molecule has 20 heavy (non-hydrogen) atoms. The largest absolute Gasteiger partial charge is 0.480 e. The van der Waals surface area contributed by atoms with Crippen molar-refractivity contribution in [3.8, 4) is 0 Å². The Bertz CT molecular complexity index is 450. The first kappa shape index (κ1) is 17.3. The summed E-state index contributed by atoms with van der Waals surface area (Å²) in [5.74, 6) is -6.73. The number of aliphatic carboxylic acids is 1. The minimum absolute atomic E-state index is 0.146. The molecule has 0 spiro atoms. The summed E-state index contributed by atoms with van der Waals surface area (Å²) >= 11 is 0. The Morgan fingerprint density at radius 3 is 2.45 bits per heavy atom. The zero-order chi connectivity index (χ0) is 15.6. The highest BCUT2D eigenvalue weighted by molar-refractivity contribution is 7.89. The number of nitrogens with one attached hydrogen (secondary N) is 1. The second-order valence-corrected chi connectivity index (χ2v) is 7.46. The Morgan fingerprint density at radius 1 is 1.40 bits per heavy atom. The molecule has 1 aliphatic carbocycles. The van der Waals surface area contributed by atoms with Crippen molar-refractivity contribution < 1.29 is 27.1 Å². The Morgan fingerprint density at radius 2 is 2.00 bits per heavy atom. The maximum atomic E-state index is 13.6. The van der Waals surface area contributed by atoms with Crippen molar-refractivity contribution in [3.05, 3.63) is 0 Å². The molecule has 0 aliphatic heterocycles. The molecule has 0 radical (unpaired) electrons. The molecule has 2 unspecified atom stereocenters. The van der Waals surface area contributed by atoms with Crippen molar-refractivity contribution in [2.24, 2.45) is 11.8 Å². The molecule has 0 aromatic carbocycles. The standard InChI is InChI=1S/C12H21F2NO4S/c1-8(2)10(11(16)17)15-20(18,19)7-9-5-3-4-6-12(9,13)14/h8-10,15H,3-7H2,1-2H3,(H,16,17). The van der Waals surface area contributed by atoms with E-state index in [0.29, 0.717) is 12.8 Å². The van der Waals surface area contributed by atoms with Crippen LogP contribution in [0.3, 0.4) is 0 Å². The number of rotatable bonds is 6. The number of carboxylic acids is 1. The van der Waals surface area contributed by atoms with Gasteiger partial charge < -0.3 is 5.11 Å². The smallest absolute Gasteiger partial charge is 0.321 e. The first-order valence-electron chi connectivity index (χ1n) is 6.66. The van der Waals surface area contributed by atoms with Crippen molar-refractivity contribution in [2.45, 2.75) is 51.5 Å². The third kappa shape index (κ3) is 4.66. The van der Waals surface area contributed by atoms with Crippen LogP contribution < -0.4 is 4.72 Å². The van der Waals surface area contributed by atoms with Gasteiger partial charge in [0.2, 0.25) is 10.0 Å². The molecule has 0 saturated heterocycles. The Balaban J connectivity index is 2.76. The molecule has 8 heteroatoms. The monoisotopic (exact) mass is 313 g/mol. The molecule has 2 atom stereocenters. The van der Waals surface area contributed by atoms with Crippen LogP contribution in [0.15, 0.2) is 0 Å². The van der Waals surface area contributed by atoms with Crippen molar-refractivity contribution >= 4 is 16.0 Å². The van der Waals surface area contributed by atoms with E-state index in [1.807, 2.05) is 4.72 Å². The molecule has 1 fully saturated rings. The highest BCUT2D eigenvalue weighted by Gasteiger charge is 2.44. The normalized spacial score (nSPS) is 24.6. The minimum atomic E-state index is -4.05. The molecule has 0 aromatic rings. The van der Waals surface area contributed by atoms with E-state index in [9.17, 15) is 22.0 Å². The van der Waals surface area contributed by atoms with Crippen LogP contribution in [0.2, 0.25) is 0 Å². The number of halogens is 2. The summed E-state index contributed by atoms with van der Waals surface area (Å²) in [5, 5.41) is 8.94. The van der Waals surface area contributed by atoms with Gasteiger partial charge in [0.1, 0.15) is 6.04 Å². The fraction of sp³-hybridized carbons (Fsp3) is 0.917. The van der Waals surface area contributed by atoms with Gasteiger partial charge in [0.05, 0.1) is 5.75 Å². The average Bonchev–Trinajstić information content (AvgIpc) is 2.28. The number of hydrogen-bond donors (Lipinski definition) is 2. The van der Waals surface area contributed by atoms with Crippen molar-refractivity contribution in [2.75, 3.05) is 5.75 Å². The molecule has 1 aliphatic rings. The van der Waals surface area contributed by atoms with Crippen LogP contribution in [0.4, 0.5) is 8.78 Å². The van der Waals surface area contributed by atoms with Crippen LogP contribution >= 0.6 is 0 Å². The first-order chi connectivity index (χ1) is 9.05. The van der Waals surface area contributed by atoms with Crippen molar-refractivity contribution in [1.29, 1.82) is 0 Å². The van der Waals surface area contributed by atoms with E-state index in [1.165, 1.54) is 0 Å². The molecule has 118 valence electrons. The molecular formula is C12H21F2NO4S. The quantitative estimate of drug-likeness (QED) is 0.784. The summed E-state index contributed by atoms with van der Waals surface area (Å²) in [6.45, 7) is 3.10. The molecule has 0 heterocycles. The highest BCUT2D eigenvalue weighted by Crippen LogP contribution is 2.39. The van der Waals surface area contributed by atoms with Crippen LogP contribution in [-0.4, -0.2) is 37.2 Å². The SMILES string of the molecule is CC(C)C(NS(=O)(=O)CC1CCCCC1(F)F)C(=O)O. The van der Waals surface area contributed by atoms with E-state index in [2.05, 4.69) is 0 Å². The molecule has 1 saturated carbocycles. The van der Waals surface area contributed by atoms with E-state index in [0.717, 1.165) is 0 Å². The molecule has 0 bridgehead atoms. The van der Waals surface area contributed by atoms with Crippen molar-refractivity contribution in [1.82, 2.24) is 4.72 Å². The predicted octanol–water partition coefficient (Wildman–Crippen LogP) is 1.84. The van der Waals surface area contributed by atoms with E-state index in [4.69, 9.17) is 5.11 Å². The Labute approximate surface area is 117 Å². The minimum Gasteiger partial charge on any atom is -0.480 e. The average molecular weight is 313 g/mol. The number of carbonyl (C=O) groups is 1. The predicted molar refractivity (Wildman–Crippen MR) is 70.1 cm³/mol. The van der Waals surface area contributed by atoms with E-state index in [-0.39, 0.29) is 12.8 Å². The molecular weight excluding hydrogens is 292 g/mol. The van der Waals surface area contributed by atoms with Gasteiger partial charge in [0.15, 0.2) is 0 Å². The van der Waals surface area contributed by atoms with Crippen LogP contribution in [0.1, 0.15) is 39.5 Å². The van der Waals surface area contributed by atoms with E-state index >= 15 is 0 Å². The van der Waals surface area contributed by atoms with Gasteiger partial charge in [0.25, 0.3) is 5.92 Å². The molecule has 0 aromatic heterocycles. The second-order valence-electron chi connectivity index (χ2n) is 5.66. The molecule has 0 amide bonds. The third-order valence-electron chi connectivity index (χ3n) is 3.57. The number of alkyl halides is 2. The van der Waals surface area contributed by atoms with Gasteiger partial charge >= 0.3 is 5.97 Å². The third-order valence-corrected chi connectivity index (χ3v) is 5.02. The highest BCUT2D eigenvalue weighted by atomic mass is 32.2. The molecule has 5 nitrogen and oxygen atoms in total. The Kier molecular flexibility index (Phi) is 5.48. The van der Waals surface area contributed by atoms with Crippen LogP contribution in [-0.2, 0) is 14.8 Å². The van der Waals surface area contributed by atoms with Gasteiger partial charge in [-0.15, -0.1) is 0 Å². The lowest BCUT2D eigenvalue weighted by atomic mass is 9.87. The Hall–Kier alpha value is -0.760. The molecule has 1 rings (SSSR count). The first-order valence-corrected chi connectivity index (χ1v) is 8.31. The van der Waals surface area contributed by atoms with Crippen LogP contribution in [0, 0.1) is 11.8 Å². The van der Waals surface area contributed by atoms with Gasteiger partial charge in [-0.2, -0.15) is 0 Å². The van der Waals surface area contributed by atoms with Gasteiger partial charge in [-0.05, 0) is 18.8 Å². The second kappa shape index (κ2) is 6.34.